The van der Waals surface area contributed by atoms with E-state index in [1.807, 2.05) is 0 Å². The Morgan fingerprint density at radius 2 is 2.07 bits per heavy atom. The molecule has 2 heterocycles. The maximum atomic E-state index is 12.2. The Bertz CT molecular complexity index is 725. The van der Waals surface area contributed by atoms with Crippen molar-refractivity contribution >= 4 is 5.97 Å². The standard InChI is InChI=1S/C23H32N2O3/c26-22(27)23(8-1-9-28-23)20-7-6-16-15-3-2-13-11-21-14(12-24-25-21)10-19(13)17(15)4-5-18(16)20/h4-5,7,13-19,21,24-25H,1-3,6,8-12H2,(H,26,27)/t13?,14?,15?,16?,17?,18?,19?,21?,23-/m1/s1. The van der Waals surface area contributed by atoms with Gasteiger partial charge < -0.3 is 9.84 Å². The van der Waals surface area contributed by atoms with E-state index >= 15 is 0 Å². The number of allylic oxidation sites excluding steroid dienone is 3. The highest BCUT2D eigenvalue weighted by molar-refractivity contribution is 5.83. The molecule has 2 saturated carbocycles. The average molecular weight is 385 g/mol. The Kier molecular flexibility index (Phi) is 4.05. The molecular formula is C23H32N2O3. The molecule has 6 rings (SSSR count). The number of hydrogen-bond acceptors (Lipinski definition) is 4. The van der Waals surface area contributed by atoms with Gasteiger partial charge in [0.05, 0.1) is 0 Å². The normalized spacial score (nSPS) is 51.8. The number of ether oxygens (including phenoxy) is 1. The molecule has 0 spiro atoms. The monoisotopic (exact) mass is 384 g/mol. The summed E-state index contributed by atoms with van der Waals surface area (Å²) in [6.07, 6.45) is 15.0. The molecule has 3 N–H and O–H groups in total. The first-order chi connectivity index (χ1) is 13.7. The van der Waals surface area contributed by atoms with Gasteiger partial charge in [-0.2, -0.15) is 0 Å². The van der Waals surface area contributed by atoms with Gasteiger partial charge in [-0.15, -0.1) is 0 Å². The minimum atomic E-state index is -1.05. The van der Waals surface area contributed by atoms with Gasteiger partial charge in [0, 0.05) is 25.1 Å². The Balaban J connectivity index is 1.27. The van der Waals surface area contributed by atoms with Gasteiger partial charge in [0.2, 0.25) is 0 Å². The van der Waals surface area contributed by atoms with Crippen molar-refractivity contribution in [2.75, 3.05) is 13.2 Å². The van der Waals surface area contributed by atoms with Crippen LogP contribution in [0.1, 0.15) is 44.9 Å². The number of aliphatic carboxylic acids is 1. The third kappa shape index (κ3) is 2.39. The van der Waals surface area contributed by atoms with Crippen molar-refractivity contribution in [3.8, 4) is 0 Å². The highest BCUT2D eigenvalue weighted by Crippen LogP contribution is 2.58. The number of nitrogens with one attached hydrogen (secondary N) is 2. The van der Waals surface area contributed by atoms with Crippen LogP contribution in [-0.4, -0.2) is 35.9 Å². The Hall–Kier alpha value is -1.17. The van der Waals surface area contributed by atoms with Gasteiger partial charge in [-0.1, -0.05) is 18.2 Å². The zero-order valence-electron chi connectivity index (χ0n) is 16.5. The van der Waals surface area contributed by atoms with Crippen LogP contribution < -0.4 is 10.9 Å². The highest BCUT2D eigenvalue weighted by atomic mass is 16.5. The van der Waals surface area contributed by atoms with E-state index in [0.717, 1.165) is 48.6 Å². The largest absolute Gasteiger partial charge is 0.479 e. The maximum Gasteiger partial charge on any atom is 0.340 e. The van der Waals surface area contributed by atoms with E-state index in [0.29, 0.717) is 30.9 Å². The fourth-order valence-corrected chi connectivity index (χ4v) is 7.93. The number of fused-ring (bicyclic) bond motifs is 6. The van der Waals surface area contributed by atoms with E-state index in [-0.39, 0.29) is 5.92 Å². The van der Waals surface area contributed by atoms with Gasteiger partial charge in [-0.05, 0) is 86.0 Å². The number of carboxylic acid groups (broad SMARTS) is 1. The average Bonchev–Trinajstić information content (AvgIpc) is 3.43. The summed E-state index contributed by atoms with van der Waals surface area (Å²) in [5.74, 6) is 3.95. The second kappa shape index (κ2) is 6.41. The summed E-state index contributed by atoms with van der Waals surface area (Å²) in [4.78, 5) is 12.2. The Morgan fingerprint density at radius 1 is 1.14 bits per heavy atom. The first-order valence-electron chi connectivity index (χ1n) is 11.4. The summed E-state index contributed by atoms with van der Waals surface area (Å²) in [7, 11) is 0. The first kappa shape index (κ1) is 17.7. The van der Waals surface area contributed by atoms with Crippen LogP contribution in [0.2, 0.25) is 0 Å². The Labute approximate surface area is 166 Å². The fourth-order valence-electron chi connectivity index (χ4n) is 7.93. The van der Waals surface area contributed by atoms with E-state index < -0.39 is 11.6 Å². The van der Waals surface area contributed by atoms with Crippen molar-refractivity contribution in [1.29, 1.82) is 0 Å². The number of carbonyl (C=O) groups is 1. The van der Waals surface area contributed by atoms with E-state index in [2.05, 4.69) is 29.1 Å². The molecule has 4 aliphatic carbocycles. The first-order valence-corrected chi connectivity index (χ1v) is 11.4. The van der Waals surface area contributed by atoms with Crippen LogP contribution in [0.4, 0.5) is 0 Å². The smallest absolute Gasteiger partial charge is 0.340 e. The molecule has 0 aromatic rings. The van der Waals surface area contributed by atoms with Crippen LogP contribution >= 0.6 is 0 Å². The lowest BCUT2D eigenvalue weighted by atomic mass is 9.53. The molecule has 4 fully saturated rings. The van der Waals surface area contributed by atoms with Crippen molar-refractivity contribution in [2.45, 2.75) is 56.6 Å². The quantitative estimate of drug-likeness (QED) is 0.639. The maximum absolute atomic E-state index is 12.2. The van der Waals surface area contributed by atoms with E-state index in [9.17, 15) is 9.90 Å². The highest BCUT2D eigenvalue weighted by Gasteiger charge is 2.55. The fraction of sp³-hybridized carbons (Fsp3) is 0.783. The van der Waals surface area contributed by atoms with Gasteiger partial charge in [-0.25, -0.2) is 4.79 Å². The third-order valence-corrected chi connectivity index (χ3v) is 9.17. The van der Waals surface area contributed by atoms with Crippen LogP contribution in [-0.2, 0) is 9.53 Å². The molecule has 0 aromatic heterocycles. The van der Waals surface area contributed by atoms with Crippen LogP contribution in [0.15, 0.2) is 23.8 Å². The third-order valence-electron chi connectivity index (χ3n) is 9.17. The zero-order chi connectivity index (χ0) is 18.9. The minimum absolute atomic E-state index is 0.276. The number of rotatable bonds is 2. The van der Waals surface area contributed by atoms with E-state index in [1.54, 1.807) is 0 Å². The molecular weight excluding hydrogens is 352 g/mol. The predicted octanol–water partition coefficient (Wildman–Crippen LogP) is 2.90. The van der Waals surface area contributed by atoms with Crippen LogP contribution in [0.25, 0.3) is 0 Å². The Morgan fingerprint density at radius 3 is 2.89 bits per heavy atom. The molecule has 0 radical (unpaired) electrons. The van der Waals surface area contributed by atoms with Crippen LogP contribution in [0.5, 0.6) is 0 Å². The van der Waals surface area contributed by atoms with Gasteiger partial charge in [0.25, 0.3) is 0 Å². The summed E-state index contributed by atoms with van der Waals surface area (Å²) in [6, 6.07) is 0.674. The molecule has 0 bridgehead atoms. The van der Waals surface area contributed by atoms with Crippen molar-refractivity contribution in [1.82, 2.24) is 10.9 Å². The minimum Gasteiger partial charge on any atom is -0.479 e. The number of carboxylic acids is 1. The zero-order valence-corrected chi connectivity index (χ0v) is 16.5. The molecule has 2 saturated heterocycles. The molecule has 152 valence electrons. The molecule has 6 aliphatic rings. The molecule has 8 unspecified atom stereocenters. The molecule has 5 heteroatoms. The summed E-state index contributed by atoms with van der Waals surface area (Å²) in [6.45, 7) is 1.69. The number of hydrazine groups is 1. The second-order valence-corrected chi connectivity index (χ2v) is 10.2. The van der Waals surface area contributed by atoms with Crippen molar-refractivity contribution in [3.63, 3.8) is 0 Å². The molecule has 28 heavy (non-hydrogen) atoms. The van der Waals surface area contributed by atoms with Crippen LogP contribution in [0.3, 0.4) is 0 Å². The topological polar surface area (TPSA) is 70.6 Å². The summed E-state index contributed by atoms with van der Waals surface area (Å²) in [5.41, 5.74) is 6.91. The van der Waals surface area contributed by atoms with Crippen molar-refractivity contribution < 1.29 is 14.6 Å². The SMILES string of the molecule is O=C(O)[C@]1(C2=CCC3C2C=CC2C4CC5CNNC5CC4CCC23)CCCO1. The number of hydrogen-bond donors (Lipinski definition) is 3. The lowest BCUT2D eigenvalue weighted by Gasteiger charge is -2.52. The molecule has 0 aromatic carbocycles. The van der Waals surface area contributed by atoms with Crippen molar-refractivity contribution in [2.24, 2.45) is 41.4 Å². The van der Waals surface area contributed by atoms with Gasteiger partial charge in [-0.3, -0.25) is 10.9 Å². The van der Waals surface area contributed by atoms with Gasteiger partial charge in [0.1, 0.15) is 0 Å². The molecule has 0 amide bonds. The lowest BCUT2D eigenvalue weighted by molar-refractivity contribution is -0.156. The summed E-state index contributed by atoms with van der Waals surface area (Å²) >= 11 is 0. The second-order valence-electron chi connectivity index (χ2n) is 10.2. The van der Waals surface area contributed by atoms with Crippen molar-refractivity contribution in [3.05, 3.63) is 23.8 Å². The predicted molar refractivity (Wildman–Crippen MR) is 105 cm³/mol. The van der Waals surface area contributed by atoms with Gasteiger partial charge in [0.15, 0.2) is 5.60 Å². The van der Waals surface area contributed by atoms with E-state index in [4.69, 9.17) is 4.74 Å². The molecule has 5 nitrogen and oxygen atoms in total. The van der Waals surface area contributed by atoms with E-state index in [1.165, 1.54) is 25.7 Å². The summed E-state index contributed by atoms with van der Waals surface area (Å²) < 4.78 is 5.89. The lowest BCUT2D eigenvalue weighted by Crippen LogP contribution is -2.48. The molecule has 9 atom stereocenters. The van der Waals surface area contributed by atoms with Crippen LogP contribution in [0, 0.1) is 41.4 Å². The van der Waals surface area contributed by atoms with Gasteiger partial charge >= 0.3 is 5.97 Å². The summed E-state index contributed by atoms with van der Waals surface area (Å²) in [5, 5.41) is 9.99. The molecule has 2 aliphatic heterocycles.